The highest BCUT2D eigenvalue weighted by atomic mass is 35.5. The zero-order chi connectivity index (χ0) is 16.7. The summed E-state index contributed by atoms with van der Waals surface area (Å²) in [7, 11) is 0. The molecule has 1 amide bonds. The second-order valence-corrected chi connectivity index (χ2v) is 9.37. The molecule has 1 aromatic carbocycles. The number of nitrogens with zero attached hydrogens (tertiary/aromatic N) is 1. The van der Waals surface area contributed by atoms with E-state index in [2.05, 4.69) is 0 Å². The van der Waals surface area contributed by atoms with Gasteiger partial charge in [0, 0.05) is 30.5 Å². The Morgan fingerprint density at radius 2 is 1.83 bits per heavy atom. The van der Waals surface area contributed by atoms with Crippen LogP contribution in [0.15, 0.2) is 24.3 Å². The summed E-state index contributed by atoms with van der Waals surface area (Å²) in [5.74, 6) is 2.92. The normalized spacial score (nSPS) is 23.5. The van der Waals surface area contributed by atoms with Crippen LogP contribution in [-0.2, 0) is 4.79 Å². The number of ether oxygens (including phenoxy) is 1. The lowest BCUT2D eigenvalue weighted by atomic mass is 10.1. The van der Waals surface area contributed by atoms with Gasteiger partial charge in [0.05, 0.1) is 0 Å². The van der Waals surface area contributed by atoms with Gasteiger partial charge in [0.2, 0.25) is 0 Å². The number of hydrogen-bond donors (Lipinski definition) is 0. The van der Waals surface area contributed by atoms with Gasteiger partial charge in [0.15, 0.2) is 5.60 Å². The standard InChI is InChI=1S/C17H21Cl2NO2S/c1-16(2,15(21)20-7-9-23-10-8-20)22-13-5-3-12(4-6-13)14-11-17(14,18)19/h3-6,14H,7-11H2,1-2H3/t14-/m1/s1. The number of benzene rings is 1. The number of halogens is 2. The van der Waals surface area contributed by atoms with Crippen LogP contribution in [0.3, 0.4) is 0 Å². The molecule has 0 unspecified atom stereocenters. The monoisotopic (exact) mass is 373 g/mol. The molecule has 0 bridgehead atoms. The Labute approximate surface area is 151 Å². The number of hydrogen-bond acceptors (Lipinski definition) is 3. The number of thioether (sulfide) groups is 1. The summed E-state index contributed by atoms with van der Waals surface area (Å²) in [6.07, 6.45) is 0.785. The van der Waals surface area contributed by atoms with Crippen LogP contribution in [-0.4, -0.2) is 45.3 Å². The van der Waals surface area contributed by atoms with Crippen LogP contribution in [0.5, 0.6) is 5.75 Å². The van der Waals surface area contributed by atoms with Crippen molar-refractivity contribution in [2.24, 2.45) is 0 Å². The molecule has 3 nitrogen and oxygen atoms in total. The number of amides is 1. The minimum absolute atomic E-state index is 0.0459. The Balaban J connectivity index is 1.64. The fourth-order valence-electron chi connectivity index (χ4n) is 2.83. The molecule has 1 aliphatic heterocycles. The Kier molecular flexibility index (Phi) is 4.78. The van der Waals surface area contributed by atoms with Crippen molar-refractivity contribution in [1.82, 2.24) is 4.90 Å². The lowest BCUT2D eigenvalue weighted by Gasteiger charge is -2.34. The van der Waals surface area contributed by atoms with Crippen molar-refractivity contribution in [3.8, 4) is 5.75 Å². The van der Waals surface area contributed by atoms with Crippen molar-refractivity contribution in [3.63, 3.8) is 0 Å². The average Bonchev–Trinajstić information content (AvgIpc) is 3.16. The molecule has 0 spiro atoms. The maximum Gasteiger partial charge on any atom is 0.266 e. The SMILES string of the molecule is CC(C)(Oc1ccc([C@H]2CC2(Cl)Cl)cc1)C(=O)N1CCSCC1. The maximum atomic E-state index is 12.7. The van der Waals surface area contributed by atoms with Gasteiger partial charge in [0.25, 0.3) is 5.91 Å². The third-order valence-electron chi connectivity index (χ3n) is 4.29. The molecule has 1 saturated heterocycles. The van der Waals surface area contributed by atoms with Crippen molar-refractivity contribution in [2.75, 3.05) is 24.6 Å². The number of carbonyl (C=O) groups is 1. The van der Waals surface area contributed by atoms with Crippen LogP contribution in [0.4, 0.5) is 0 Å². The molecule has 1 atom stereocenters. The summed E-state index contributed by atoms with van der Waals surface area (Å²) in [5, 5.41) is 0. The van der Waals surface area contributed by atoms with Crippen molar-refractivity contribution < 1.29 is 9.53 Å². The molecule has 1 heterocycles. The molecule has 0 aromatic heterocycles. The van der Waals surface area contributed by atoms with Crippen LogP contribution in [0.25, 0.3) is 0 Å². The molecular weight excluding hydrogens is 353 g/mol. The first-order valence-corrected chi connectivity index (χ1v) is 9.74. The number of carbonyl (C=O) groups excluding carboxylic acids is 1. The Bertz CT molecular complexity index is 583. The fraction of sp³-hybridized carbons (Fsp3) is 0.588. The largest absolute Gasteiger partial charge is 0.478 e. The molecular formula is C17H21Cl2NO2S. The van der Waals surface area contributed by atoms with Gasteiger partial charge in [-0.25, -0.2) is 0 Å². The summed E-state index contributed by atoms with van der Waals surface area (Å²) in [4.78, 5) is 14.5. The number of rotatable bonds is 4. The van der Waals surface area contributed by atoms with Crippen molar-refractivity contribution in [1.29, 1.82) is 0 Å². The molecule has 6 heteroatoms. The lowest BCUT2D eigenvalue weighted by Crippen LogP contribution is -2.51. The summed E-state index contributed by atoms with van der Waals surface area (Å²) in [6, 6.07) is 7.73. The summed E-state index contributed by atoms with van der Waals surface area (Å²) >= 11 is 14.1. The van der Waals surface area contributed by atoms with E-state index in [-0.39, 0.29) is 11.8 Å². The van der Waals surface area contributed by atoms with E-state index >= 15 is 0 Å². The van der Waals surface area contributed by atoms with E-state index in [0.717, 1.165) is 36.6 Å². The quantitative estimate of drug-likeness (QED) is 0.744. The summed E-state index contributed by atoms with van der Waals surface area (Å²) < 4.78 is 5.34. The topological polar surface area (TPSA) is 29.5 Å². The molecule has 2 fully saturated rings. The third kappa shape index (κ3) is 3.92. The second-order valence-electron chi connectivity index (χ2n) is 6.60. The minimum Gasteiger partial charge on any atom is -0.478 e. The fourth-order valence-corrected chi connectivity index (χ4v) is 4.29. The zero-order valence-corrected chi connectivity index (χ0v) is 15.7. The Morgan fingerprint density at radius 1 is 1.26 bits per heavy atom. The molecule has 0 N–H and O–H groups in total. The van der Waals surface area contributed by atoms with Gasteiger partial charge in [-0.2, -0.15) is 11.8 Å². The van der Waals surface area contributed by atoms with Crippen LogP contribution in [0, 0.1) is 0 Å². The van der Waals surface area contributed by atoms with Crippen LogP contribution < -0.4 is 4.74 Å². The van der Waals surface area contributed by atoms with Crippen molar-refractivity contribution >= 4 is 40.9 Å². The van der Waals surface area contributed by atoms with Gasteiger partial charge < -0.3 is 9.64 Å². The molecule has 1 aliphatic carbocycles. The second kappa shape index (κ2) is 6.38. The molecule has 0 radical (unpaired) electrons. The van der Waals surface area contributed by atoms with E-state index in [1.807, 2.05) is 54.8 Å². The van der Waals surface area contributed by atoms with E-state index in [0.29, 0.717) is 5.75 Å². The number of alkyl halides is 2. The molecule has 126 valence electrons. The van der Waals surface area contributed by atoms with Gasteiger partial charge in [-0.1, -0.05) is 12.1 Å². The van der Waals surface area contributed by atoms with Gasteiger partial charge in [0.1, 0.15) is 10.1 Å². The van der Waals surface area contributed by atoms with Crippen LogP contribution in [0.2, 0.25) is 0 Å². The van der Waals surface area contributed by atoms with E-state index in [4.69, 9.17) is 27.9 Å². The lowest BCUT2D eigenvalue weighted by molar-refractivity contribution is -0.145. The smallest absolute Gasteiger partial charge is 0.266 e. The molecule has 1 aromatic rings. The summed E-state index contributed by atoms with van der Waals surface area (Å²) in [5.41, 5.74) is 0.241. The van der Waals surface area contributed by atoms with Crippen molar-refractivity contribution in [2.45, 2.75) is 36.1 Å². The first kappa shape index (κ1) is 17.2. The van der Waals surface area contributed by atoms with E-state index in [9.17, 15) is 4.79 Å². The van der Waals surface area contributed by atoms with E-state index in [1.54, 1.807) is 0 Å². The zero-order valence-electron chi connectivity index (χ0n) is 13.4. The minimum atomic E-state index is -0.869. The Hall–Kier alpha value is -0.580. The van der Waals surface area contributed by atoms with Gasteiger partial charge in [-0.15, -0.1) is 23.2 Å². The van der Waals surface area contributed by atoms with Crippen LogP contribution >= 0.6 is 35.0 Å². The van der Waals surface area contributed by atoms with E-state index in [1.165, 1.54) is 0 Å². The average molecular weight is 374 g/mol. The predicted octanol–water partition coefficient (Wildman–Crippen LogP) is 4.08. The molecule has 1 saturated carbocycles. The Morgan fingerprint density at radius 3 is 2.35 bits per heavy atom. The first-order valence-electron chi connectivity index (χ1n) is 7.83. The molecule has 3 rings (SSSR count). The highest BCUT2D eigenvalue weighted by Crippen LogP contribution is 2.59. The van der Waals surface area contributed by atoms with Gasteiger partial charge in [-0.3, -0.25) is 4.79 Å². The highest BCUT2D eigenvalue weighted by molar-refractivity contribution is 7.99. The third-order valence-corrected chi connectivity index (χ3v) is 6.07. The highest BCUT2D eigenvalue weighted by Gasteiger charge is 2.52. The van der Waals surface area contributed by atoms with Gasteiger partial charge in [-0.05, 0) is 38.0 Å². The van der Waals surface area contributed by atoms with Gasteiger partial charge >= 0.3 is 0 Å². The molecule has 2 aliphatic rings. The predicted molar refractivity (Wildman–Crippen MR) is 96.8 cm³/mol. The maximum absolute atomic E-state index is 12.7. The van der Waals surface area contributed by atoms with Crippen LogP contribution in [0.1, 0.15) is 31.7 Å². The summed E-state index contributed by atoms with van der Waals surface area (Å²) in [6.45, 7) is 5.25. The van der Waals surface area contributed by atoms with Crippen molar-refractivity contribution in [3.05, 3.63) is 29.8 Å². The molecule has 23 heavy (non-hydrogen) atoms. The van der Waals surface area contributed by atoms with E-state index < -0.39 is 9.93 Å². The first-order chi connectivity index (χ1) is 10.8.